The Kier molecular flexibility index (Phi) is 7.36. The first-order valence-corrected chi connectivity index (χ1v) is 11.7. The Labute approximate surface area is 211 Å². The van der Waals surface area contributed by atoms with Gasteiger partial charge >= 0.3 is 12.1 Å². The van der Waals surface area contributed by atoms with Gasteiger partial charge in [-0.15, -0.1) is 0 Å². The van der Waals surface area contributed by atoms with E-state index in [9.17, 15) is 32.6 Å². The number of alkyl halides is 3. The molecule has 37 heavy (non-hydrogen) atoms. The van der Waals surface area contributed by atoms with Gasteiger partial charge in [0.25, 0.3) is 0 Å². The Morgan fingerprint density at radius 3 is 2.30 bits per heavy atom. The average Bonchev–Trinajstić information content (AvgIpc) is 3.17. The van der Waals surface area contributed by atoms with Crippen molar-refractivity contribution < 1.29 is 32.6 Å². The van der Waals surface area contributed by atoms with E-state index in [1.165, 1.54) is 19.1 Å². The van der Waals surface area contributed by atoms with Crippen molar-refractivity contribution in [2.75, 3.05) is 5.01 Å². The van der Waals surface area contributed by atoms with E-state index in [-0.39, 0.29) is 12.4 Å². The number of carboxylic acids is 1. The van der Waals surface area contributed by atoms with Crippen molar-refractivity contribution in [2.24, 2.45) is 11.0 Å². The number of aliphatic hydroxyl groups excluding tert-OH is 1. The Hall–Kier alpha value is -3.72. The molecular weight excluding hydrogens is 488 g/mol. The minimum atomic E-state index is -4.64. The van der Waals surface area contributed by atoms with E-state index < -0.39 is 36.2 Å². The molecule has 1 heterocycles. The van der Waals surface area contributed by atoms with Gasteiger partial charge in [0.1, 0.15) is 11.5 Å². The summed E-state index contributed by atoms with van der Waals surface area (Å²) in [5, 5.41) is 23.5. The van der Waals surface area contributed by atoms with E-state index in [1.54, 1.807) is 30.3 Å². The Morgan fingerprint density at radius 1 is 1.03 bits per heavy atom. The van der Waals surface area contributed by atoms with Crippen LogP contribution in [0, 0.1) is 18.7 Å². The van der Waals surface area contributed by atoms with Gasteiger partial charge in [-0.05, 0) is 65.4 Å². The Morgan fingerprint density at radius 2 is 1.70 bits per heavy atom. The van der Waals surface area contributed by atoms with Crippen molar-refractivity contribution in [2.45, 2.75) is 45.5 Å². The highest BCUT2D eigenvalue weighted by Crippen LogP contribution is 2.36. The molecule has 9 heteroatoms. The van der Waals surface area contributed by atoms with Crippen LogP contribution in [0.15, 0.2) is 65.8 Å². The molecule has 0 spiro atoms. The van der Waals surface area contributed by atoms with E-state index in [4.69, 9.17) is 0 Å². The molecule has 0 bridgehead atoms. The number of nitrogens with zero attached hydrogens (tertiary/aromatic N) is 2. The number of carboxylic acid groups (broad SMARTS) is 1. The predicted molar refractivity (Wildman–Crippen MR) is 133 cm³/mol. The molecule has 2 atom stereocenters. The first-order valence-electron chi connectivity index (χ1n) is 11.7. The van der Waals surface area contributed by atoms with Crippen LogP contribution in [0.4, 0.5) is 23.2 Å². The molecule has 0 fully saturated rings. The second-order valence-corrected chi connectivity index (χ2v) is 9.24. The number of hydrogen-bond donors (Lipinski definition) is 2. The predicted octanol–water partition coefficient (Wildman–Crippen LogP) is 6.10. The average molecular weight is 515 g/mol. The van der Waals surface area contributed by atoms with Crippen molar-refractivity contribution in [1.29, 1.82) is 0 Å². The maximum Gasteiger partial charge on any atom is 0.431 e. The van der Waals surface area contributed by atoms with Crippen LogP contribution in [0.1, 0.15) is 35.6 Å². The Bertz CT molecular complexity index is 1340. The van der Waals surface area contributed by atoms with Gasteiger partial charge in [-0.2, -0.15) is 18.3 Å². The van der Waals surface area contributed by atoms with Crippen LogP contribution in [0.2, 0.25) is 0 Å². The van der Waals surface area contributed by atoms with Crippen LogP contribution in [-0.4, -0.2) is 34.1 Å². The van der Waals surface area contributed by atoms with E-state index in [2.05, 4.69) is 5.10 Å². The summed E-state index contributed by atoms with van der Waals surface area (Å²) in [5.41, 5.74) is 3.93. The lowest BCUT2D eigenvalue weighted by Gasteiger charge is -2.25. The van der Waals surface area contributed by atoms with Crippen molar-refractivity contribution in [3.8, 4) is 11.1 Å². The molecule has 1 aliphatic rings. The van der Waals surface area contributed by atoms with E-state index >= 15 is 0 Å². The van der Waals surface area contributed by atoms with Gasteiger partial charge in [-0.3, -0.25) is 9.80 Å². The summed E-state index contributed by atoms with van der Waals surface area (Å²) in [6.07, 6.45) is -4.58. The summed E-state index contributed by atoms with van der Waals surface area (Å²) in [4.78, 5) is 11.3. The van der Waals surface area contributed by atoms with Crippen LogP contribution in [0.25, 0.3) is 11.1 Å². The summed E-state index contributed by atoms with van der Waals surface area (Å²) in [5.74, 6) is -2.66. The first-order chi connectivity index (χ1) is 17.5. The molecule has 1 aliphatic heterocycles. The van der Waals surface area contributed by atoms with Crippen molar-refractivity contribution in [1.82, 2.24) is 0 Å². The first kappa shape index (κ1) is 26.3. The second kappa shape index (κ2) is 10.3. The molecule has 194 valence electrons. The number of carbonyl (C=O) groups is 1. The van der Waals surface area contributed by atoms with Crippen LogP contribution >= 0.6 is 0 Å². The number of hydrazone groups is 1. The zero-order valence-electron chi connectivity index (χ0n) is 20.3. The molecule has 2 N–H and O–H groups in total. The lowest BCUT2D eigenvalue weighted by molar-refractivity contribution is -0.137. The zero-order chi connectivity index (χ0) is 26.9. The van der Waals surface area contributed by atoms with E-state index in [0.717, 1.165) is 21.7 Å². The van der Waals surface area contributed by atoms with Crippen molar-refractivity contribution >= 4 is 17.4 Å². The maximum atomic E-state index is 14.4. The lowest BCUT2D eigenvalue weighted by Crippen LogP contribution is -2.36. The third kappa shape index (κ3) is 5.67. The van der Waals surface area contributed by atoms with Gasteiger partial charge in [-0.25, -0.2) is 4.39 Å². The number of aryl methyl sites for hydroxylation is 1. The highest BCUT2D eigenvalue weighted by atomic mass is 19.4. The largest absolute Gasteiger partial charge is 0.481 e. The monoisotopic (exact) mass is 514 g/mol. The summed E-state index contributed by atoms with van der Waals surface area (Å²) in [7, 11) is 0. The topological polar surface area (TPSA) is 73.1 Å². The quantitative estimate of drug-likeness (QED) is 0.374. The molecule has 0 aliphatic carbocycles. The highest BCUT2D eigenvalue weighted by molar-refractivity contribution is 5.96. The lowest BCUT2D eigenvalue weighted by atomic mass is 9.94. The molecular formula is C28H26F4N2O3. The smallest absolute Gasteiger partial charge is 0.431 e. The third-order valence-electron chi connectivity index (χ3n) is 6.67. The SMILES string of the molecule is Cc1cc(-c2cc(CO)ccc2F)ccc1Cc1ccc(N2N=C(C(F)(F)F)[C@@H](C)[C@@H]2CC(=O)O)cc1. The molecule has 0 aromatic heterocycles. The van der Waals surface area contributed by atoms with Gasteiger partial charge in [0.15, 0.2) is 0 Å². The third-order valence-corrected chi connectivity index (χ3v) is 6.67. The summed E-state index contributed by atoms with van der Waals surface area (Å²) >= 11 is 0. The number of halogens is 4. The molecule has 0 unspecified atom stereocenters. The summed E-state index contributed by atoms with van der Waals surface area (Å²) in [6.45, 7) is 3.07. The molecule has 0 radical (unpaired) electrons. The van der Waals surface area contributed by atoms with E-state index in [0.29, 0.717) is 28.8 Å². The normalized spacial score (nSPS) is 17.7. The zero-order valence-corrected chi connectivity index (χ0v) is 20.3. The van der Waals surface area contributed by atoms with Gasteiger partial charge in [0.05, 0.1) is 24.8 Å². The Balaban J connectivity index is 1.55. The molecule has 4 rings (SSSR count). The van der Waals surface area contributed by atoms with Gasteiger partial charge in [-0.1, -0.05) is 43.3 Å². The standard InChI is InChI=1S/C28H26F4N2O3/c1-16-11-21(23-13-19(15-35)5-10-24(23)29)7-6-20(16)12-18-3-8-22(9-4-18)34-25(14-26(36)37)17(2)27(33-34)28(30,31)32/h3-11,13,17,25,35H,12,14-15H2,1-2H3,(H,36,37)/t17-,25-/m0/s1. The number of hydrogen-bond acceptors (Lipinski definition) is 4. The molecule has 3 aromatic rings. The molecule has 5 nitrogen and oxygen atoms in total. The highest BCUT2D eigenvalue weighted by Gasteiger charge is 2.48. The van der Waals surface area contributed by atoms with Crippen LogP contribution < -0.4 is 5.01 Å². The number of anilines is 1. The number of benzene rings is 3. The van der Waals surface area contributed by atoms with Crippen molar-refractivity contribution in [3.63, 3.8) is 0 Å². The maximum absolute atomic E-state index is 14.4. The number of aliphatic hydroxyl groups is 1. The summed E-state index contributed by atoms with van der Waals surface area (Å²) < 4.78 is 54.6. The van der Waals surface area contributed by atoms with Gasteiger partial charge in [0, 0.05) is 11.5 Å². The van der Waals surface area contributed by atoms with Gasteiger partial charge < -0.3 is 10.2 Å². The van der Waals surface area contributed by atoms with Gasteiger partial charge in [0.2, 0.25) is 0 Å². The van der Waals surface area contributed by atoms with Crippen LogP contribution in [-0.2, 0) is 17.8 Å². The van der Waals surface area contributed by atoms with Crippen LogP contribution in [0.3, 0.4) is 0 Å². The fourth-order valence-corrected chi connectivity index (χ4v) is 4.62. The number of aliphatic carboxylic acids is 1. The van der Waals surface area contributed by atoms with Crippen molar-refractivity contribution in [3.05, 3.63) is 88.7 Å². The molecule has 0 amide bonds. The fraction of sp³-hybridized carbons (Fsp3) is 0.286. The summed E-state index contributed by atoms with van der Waals surface area (Å²) in [6, 6.07) is 15.9. The van der Waals surface area contributed by atoms with E-state index in [1.807, 2.05) is 25.1 Å². The molecule has 0 saturated carbocycles. The minimum absolute atomic E-state index is 0.184. The molecule has 3 aromatic carbocycles. The minimum Gasteiger partial charge on any atom is -0.481 e. The fourth-order valence-electron chi connectivity index (χ4n) is 4.62. The van der Waals surface area contributed by atoms with Crippen LogP contribution in [0.5, 0.6) is 0 Å². The number of rotatable bonds is 7. The molecule has 0 saturated heterocycles. The second-order valence-electron chi connectivity index (χ2n) is 9.24.